The van der Waals surface area contributed by atoms with Gasteiger partial charge in [-0.2, -0.15) is 8.75 Å². The zero-order valence-corrected chi connectivity index (χ0v) is 24.1. The topological polar surface area (TPSA) is 151 Å². The summed E-state index contributed by atoms with van der Waals surface area (Å²) in [6.07, 6.45) is -1.87. The number of aromatic carboxylic acids is 1. The van der Waals surface area contributed by atoms with Crippen molar-refractivity contribution in [2.75, 3.05) is 21.3 Å². The van der Waals surface area contributed by atoms with Crippen LogP contribution >= 0.6 is 11.7 Å². The van der Waals surface area contributed by atoms with Gasteiger partial charge in [0.25, 0.3) is 0 Å². The fraction of sp³-hybridized carbons (Fsp3) is 0.241. The van der Waals surface area contributed by atoms with Crippen LogP contribution in [-0.2, 0) is 6.54 Å². The second-order valence-electron chi connectivity index (χ2n) is 9.44. The Morgan fingerprint density at radius 3 is 2.33 bits per heavy atom. The SMILES string of the molecule is COc1ccc(-c2c(OC(=O)O)n(Cc3ccc4nsnc4c3)c3cc(OC)c(OC(C)C)c(OC)c23)c(C(=O)O)c1. The van der Waals surface area contributed by atoms with Crippen LogP contribution in [-0.4, -0.2) is 63.1 Å². The summed E-state index contributed by atoms with van der Waals surface area (Å²) in [6.45, 7) is 3.80. The number of hydrogen-bond donors (Lipinski definition) is 2. The van der Waals surface area contributed by atoms with Gasteiger partial charge in [-0.25, -0.2) is 9.59 Å². The Morgan fingerprint density at radius 1 is 0.929 bits per heavy atom. The Balaban J connectivity index is 1.93. The molecule has 5 rings (SSSR count). The van der Waals surface area contributed by atoms with Crippen molar-refractivity contribution in [3.63, 3.8) is 0 Å². The third-order valence-corrected chi connectivity index (χ3v) is 7.08. The van der Waals surface area contributed by atoms with E-state index in [0.29, 0.717) is 27.9 Å². The number of nitrogens with zero attached hydrogens (tertiary/aromatic N) is 3. The van der Waals surface area contributed by atoms with E-state index >= 15 is 0 Å². The number of carboxylic acids is 1. The molecular formula is C29H27N3O9S. The predicted molar refractivity (Wildman–Crippen MR) is 155 cm³/mol. The standard InChI is InChI=1S/C29H27N3O9S/c1-14(2)40-25-22(38-4)12-21-24(26(25)39-5)23(17-8-7-16(37-3)11-18(17)28(33)34)27(41-29(35)36)32(21)13-15-6-9-19-20(10-15)31-42-30-19/h6-12,14H,13H2,1-5H3,(H,33,34)(H,35,36). The van der Waals surface area contributed by atoms with E-state index in [1.807, 2.05) is 32.0 Å². The highest BCUT2D eigenvalue weighted by Gasteiger charge is 2.32. The van der Waals surface area contributed by atoms with Crippen molar-refractivity contribution in [1.82, 2.24) is 13.3 Å². The van der Waals surface area contributed by atoms with Crippen LogP contribution in [0.2, 0.25) is 0 Å². The first-order valence-electron chi connectivity index (χ1n) is 12.7. The van der Waals surface area contributed by atoms with E-state index in [-0.39, 0.29) is 46.7 Å². The molecule has 0 aliphatic heterocycles. The summed E-state index contributed by atoms with van der Waals surface area (Å²) < 4.78 is 38.5. The molecule has 12 nitrogen and oxygen atoms in total. The molecule has 5 aromatic rings. The van der Waals surface area contributed by atoms with Crippen LogP contribution in [0.4, 0.5) is 4.79 Å². The van der Waals surface area contributed by atoms with Crippen LogP contribution in [0.1, 0.15) is 29.8 Å². The number of methoxy groups -OCH3 is 3. The fourth-order valence-electron chi connectivity index (χ4n) is 4.85. The van der Waals surface area contributed by atoms with Gasteiger partial charge >= 0.3 is 12.1 Å². The minimum absolute atomic E-state index is 0.122. The molecule has 0 amide bonds. The highest BCUT2D eigenvalue weighted by atomic mass is 32.1. The molecule has 2 aromatic heterocycles. The van der Waals surface area contributed by atoms with Gasteiger partial charge in [0.2, 0.25) is 11.6 Å². The molecular weight excluding hydrogens is 566 g/mol. The maximum atomic E-state index is 12.5. The smallest absolute Gasteiger partial charge is 0.497 e. The average Bonchev–Trinajstić information content (AvgIpc) is 3.54. The zero-order valence-electron chi connectivity index (χ0n) is 23.3. The quantitative estimate of drug-likeness (QED) is 0.185. The number of benzene rings is 3. The predicted octanol–water partition coefficient (Wildman–Crippen LogP) is 5.93. The average molecular weight is 594 g/mol. The fourth-order valence-corrected chi connectivity index (χ4v) is 5.37. The molecule has 0 saturated carbocycles. The largest absolute Gasteiger partial charge is 0.512 e. The van der Waals surface area contributed by atoms with Crippen molar-refractivity contribution in [2.24, 2.45) is 0 Å². The minimum atomic E-state index is -1.59. The van der Waals surface area contributed by atoms with E-state index in [0.717, 1.165) is 22.8 Å². The lowest BCUT2D eigenvalue weighted by atomic mass is 9.97. The van der Waals surface area contributed by atoms with Crippen molar-refractivity contribution in [1.29, 1.82) is 0 Å². The molecule has 42 heavy (non-hydrogen) atoms. The zero-order chi connectivity index (χ0) is 30.1. The number of hydrogen-bond acceptors (Lipinski definition) is 10. The van der Waals surface area contributed by atoms with Crippen molar-refractivity contribution >= 4 is 45.8 Å². The summed E-state index contributed by atoms with van der Waals surface area (Å²) in [5.41, 5.74) is 2.85. The first kappa shape index (κ1) is 28.5. The lowest BCUT2D eigenvalue weighted by molar-refractivity contribution is 0.0697. The molecule has 0 bridgehead atoms. The van der Waals surface area contributed by atoms with Crippen LogP contribution in [0, 0.1) is 0 Å². The van der Waals surface area contributed by atoms with Crippen LogP contribution in [0.25, 0.3) is 33.1 Å². The van der Waals surface area contributed by atoms with Crippen molar-refractivity contribution in [3.8, 4) is 40.0 Å². The Hall–Kier alpha value is -5.04. The molecule has 218 valence electrons. The summed E-state index contributed by atoms with van der Waals surface area (Å²) in [5.74, 6) is -0.255. The van der Waals surface area contributed by atoms with Gasteiger partial charge in [-0.3, -0.25) is 0 Å². The van der Waals surface area contributed by atoms with Crippen LogP contribution in [0.15, 0.2) is 42.5 Å². The van der Waals surface area contributed by atoms with Crippen molar-refractivity contribution in [3.05, 3.63) is 53.6 Å². The van der Waals surface area contributed by atoms with E-state index in [2.05, 4.69) is 8.75 Å². The van der Waals surface area contributed by atoms with E-state index in [9.17, 15) is 19.8 Å². The first-order chi connectivity index (χ1) is 20.2. The summed E-state index contributed by atoms with van der Waals surface area (Å²) in [5, 5.41) is 20.4. The third-order valence-electron chi connectivity index (χ3n) is 6.53. The monoisotopic (exact) mass is 593 g/mol. The van der Waals surface area contributed by atoms with E-state index < -0.39 is 12.1 Å². The number of carboxylic acid groups (broad SMARTS) is 2. The molecule has 0 unspecified atom stereocenters. The molecule has 2 heterocycles. The number of ether oxygens (including phenoxy) is 5. The second-order valence-corrected chi connectivity index (χ2v) is 9.97. The molecule has 0 fully saturated rings. The lowest BCUT2D eigenvalue weighted by Gasteiger charge is -2.18. The third kappa shape index (κ3) is 5.09. The van der Waals surface area contributed by atoms with Crippen molar-refractivity contribution < 1.29 is 43.5 Å². The maximum absolute atomic E-state index is 12.5. The summed E-state index contributed by atoms with van der Waals surface area (Å²) >= 11 is 1.08. The van der Waals surface area contributed by atoms with Crippen LogP contribution in [0.5, 0.6) is 28.9 Å². The molecule has 2 N–H and O–H groups in total. The van der Waals surface area contributed by atoms with Crippen LogP contribution < -0.4 is 23.7 Å². The van der Waals surface area contributed by atoms with Gasteiger partial charge < -0.3 is 38.5 Å². The molecule has 0 aliphatic carbocycles. The molecule has 0 atom stereocenters. The minimum Gasteiger partial charge on any atom is -0.497 e. The van der Waals surface area contributed by atoms with Gasteiger partial charge in [-0.05, 0) is 49.7 Å². The van der Waals surface area contributed by atoms with Crippen molar-refractivity contribution in [2.45, 2.75) is 26.5 Å². The van der Waals surface area contributed by atoms with Gasteiger partial charge in [0, 0.05) is 11.6 Å². The second kappa shape index (κ2) is 11.4. The summed E-state index contributed by atoms with van der Waals surface area (Å²) in [7, 11) is 4.34. The number of aromatic nitrogens is 3. The Morgan fingerprint density at radius 2 is 1.69 bits per heavy atom. The Bertz CT molecular complexity index is 1830. The molecule has 0 saturated heterocycles. The van der Waals surface area contributed by atoms with E-state index in [4.69, 9.17) is 23.7 Å². The lowest BCUT2D eigenvalue weighted by Crippen LogP contribution is -2.10. The molecule has 3 aromatic carbocycles. The molecule has 13 heteroatoms. The number of fused-ring (bicyclic) bond motifs is 2. The number of carbonyl (C=O) groups is 2. The Labute approximate surface area is 243 Å². The molecule has 0 spiro atoms. The van der Waals surface area contributed by atoms with Gasteiger partial charge in [0.1, 0.15) is 16.8 Å². The van der Waals surface area contributed by atoms with E-state index in [1.54, 1.807) is 16.7 Å². The van der Waals surface area contributed by atoms with Gasteiger partial charge in [-0.15, -0.1) is 0 Å². The maximum Gasteiger partial charge on any atom is 0.512 e. The summed E-state index contributed by atoms with van der Waals surface area (Å²) in [6, 6.07) is 11.7. The van der Waals surface area contributed by atoms with Crippen LogP contribution in [0.3, 0.4) is 0 Å². The van der Waals surface area contributed by atoms with E-state index in [1.165, 1.54) is 33.5 Å². The summed E-state index contributed by atoms with van der Waals surface area (Å²) in [4.78, 5) is 24.6. The number of rotatable bonds is 10. The first-order valence-corrected chi connectivity index (χ1v) is 13.4. The highest BCUT2D eigenvalue weighted by molar-refractivity contribution is 7.00. The highest BCUT2D eigenvalue weighted by Crippen LogP contribution is 2.53. The van der Waals surface area contributed by atoms with Gasteiger partial charge in [0.05, 0.1) is 67.7 Å². The molecule has 0 radical (unpaired) electrons. The normalized spacial score (nSPS) is 11.2. The Kier molecular flexibility index (Phi) is 7.77. The van der Waals surface area contributed by atoms with Gasteiger partial charge in [-0.1, -0.05) is 6.07 Å². The molecule has 0 aliphatic rings. The van der Waals surface area contributed by atoms with Gasteiger partial charge in [0.15, 0.2) is 11.5 Å².